The molecule has 0 spiro atoms. The van der Waals surface area contributed by atoms with Crippen molar-refractivity contribution in [2.24, 2.45) is 0 Å². The molecule has 0 radical (unpaired) electrons. The Balaban J connectivity index is 0. The van der Waals surface area contributed by atoms with E-state index < -0.39 is 0 Å². The summed E-state index contributed by atoms with van der Waals surface area (Å²) >= 11 is 0. The topological polar surface area (TPSA) is 9.23 Å². The monoisotopic (exact) mass is 186 g/mol. The van der Waals surface area contributed by atoms with E-state index >= 15 is 0 Å². The number of halogens is 1. The van der Waals surface area contributed by atoms with Crippen LogP contribution in [0.25, 0.3) is 0 Å². The number of rotatable bonds is 3. The summed E-state index contributed by atoms with van der Waals surface area (Å²) in [5.41, 5.74) is 0.777. The quantitative estimate of drug-likeness (QED) is 0.478. The van der Waals surface area contributed by atoms with Crippen LogP contribution in [0.5, 0.6) is 0 Å². The summed E-state index contributed by atoms with van der Waals surface area (Å²) in [6.07, 6.45) is 2.97. The second-order valence-electron chi connectivity index (χ2n) is 2.20. The van der Waals surface area contributed by atoms with Crippen LogP contribution in [-0.2, 0) is 4.74 Å². The molecule has 0 saturated carbocycles. The summed E-state index contributed by atoms with van der Waals surface area (Å²) in [6.45, 7) is 10.8. The van der Waals surface area contributed by atoms with Crippen molar-refractivity contribution < 1.29 is 9.13 Å². The van der Waals surface area contributed by atoms with Gasteiger partial charge < -0.3 is 4.74 Å². The maximum absolute atomic E-state index is 12.9. The van der Waals surface area contributed by atoms with Gasteiger partial charge in [-0.2, -0.15) is 0 Å². The summed E-state index contributed by atoms with van der Waals surface area (Å²) in [5.74, 6) is -0.0731. The Bertz CT molecular complexity index is 202. The molecule has 0 aromatic rings. The number of hydrogen-bond acceptors (Lipinski definition) is 1. The number of hydrogen-bond donors (Lipinski definition) is 0. The van der Waals surface area contributed by atoms with Crippen molar-refractivity contribution in [1.82, 2.24) is 0 Å². The highest BCUT2D eigenvalue weighted by Gasteiger charge is 1.96. The zero-order valence-corrected chi connectivity index (χ0v) is 9.15. The molecular formula is C11H19FO. The zero-order chi connectivity index (χ0) is 10.9. The molecule has 76 valence electrons. The van der Waals surface area contributed by atoms with Crippen molar-refractivity contribution >= 4 is 0 Å². The average Bonchev–Trinajstić information content (AvgIpc) is 2.19. The van der Waals surface area contributed by atoms with E-state index in [9.17, 15) is 4.39 Å². The second-order valence-corrected chi connectivity index (χ2v) is 2.20. The van der Waals surface area contributed by atoms with Crippen molar-refractivity contribution in [2.75, 3.05) is 7.11 Å². The molecule has 0 N–H and O–H groups in total. The van der Waals surface area contributed by atoms with E-state index in [0.717, 1.165) is 5.57 Å². The maximum atomic E-state index is 12.9. The SMILES string of the molecule is C=C/C(C)=C\C(F)=C(/C)OC.CC. The van der Waals surface area contributed by atoms with Gasteiger partial charge in [0.05, 0.1) is 7.11 Å². The Kier molecular flexibility index (Phi) is 10.1. The molecule has 0 aromatic carbocycles. The van der Waals surface area contributed by atoms with Gasteiger partial charge >= 0.3 is 0 Å². The average molecular weight is 186 g/mol. The van der Waals surface area contributed by atoms with Crippen molar-refractivity contribution in [1.29, 1.82) is 0 Å². The fraction of sp³-hybridized carbons (Fsp3) is 0.455. The summed E-state index contributed by atoms with van der Waals surface area (Å²) in [7, 11) is 1.44. The van der Waals surface area contributed by atoms with Crippen LogP contribution >= 0.6 is 0 Å². The molecule has 0 saturated heterocycles. The van der Waals surface area contributed by atoms with E-state index in [0.29, 0.717) is 0 Å². The van der Waals surface area contributed by atoms with Crippen LogP contribution in [0.4, 0.5) is 4.39 Å². The molecule has 0 unspecified atom stereocenters. The third-order valence-corrected chi connectivity index (χ3v) is 1.32. The largest absolute Gasteiger partial charge is 0.498 e. The summed E-state index contributed by atoms with van der Waals surface area (Å²) in [5, 5.41) is 0. The first-order chi connectivity index (χ1) is 6.11. The first-order valence-corrected chi connectivity index (χ1v) is 4.33. The Morgan fingerprint density at radius 1 is 1.31 bits per heavy atom. The molecule has 0 amide bonds. The molecule has 0 bridgehead atoms. The number of allylic oxidation sites excluding steroid dienone is 5. The molecular weight excluding hydrogens is 167 g/mol. The van der Waals surface area contributed by atoms with Gasteiger partial charge in [0.1, 0.15) is 5.76 Å². The smallest absolute Gasteiger partial charge is 0.160 e. The van der Waals surface area contributed by atoms with Crippen molar-refractivity contribution in [3.8, 4) is 0 Å². The minimum atomic E-state index is -0.357. The lowest BCUT2D eigenvalue weighted by Crippen LogP contribution is -1.83. The minimum Gasteiger partial charge on any atom is -0.498 e. The highest BCUT2D eigenvalue weighted by molar-refractivity contribution is 5.24. The Morgan fingerprint density at radius 2 is 1.77 bits per heavy atom. The second kappa shape index (κ2) is 9.04. The molecule has 0 heterocycles. The van der Waals surface area contributed by atoms with Gasteiger partial charge in [-0.3, -0.25) is 0 Å². The van der Waals surface area contributed by atoms with Crippen molar-refractivity contribution in [2.45, 2.75) is 27.7 Å². The summed E-state index contributed by atoms with van der Waals surface area (Å²) in [6, 6.07) is 0. The molecule has 1 nitrogen and oxygen atoms in total. The third kappa shape index (κ3) is 7.32. The molecule has 0 atom stereocenters. The lowest BCUT2D eigenvalue weighted by Gasteiger charge is -1.98. The first kappa shape index (κ1) is 14.5. The van der Waals surface area contributed by atoms with Crippen LogP contribution in [-0.4, -0.2) is 7.11 Å². The van der Waals surface area contributed by atoms with E-state index in [1.54, 1.807) is 19.9 Å². The lowest BCUT2D eigenvalue weighted by molar-refractivity contribution is 0.280. The van der Waals surface area contributed by atoms with Crippen LogP contribution in [0.15, 0.2) is 35.9 Å². The summed E-state index contributed by atoms with van der Waals surface area (Å²) in [4.78, 5) is 0. The Hall–Kier alpha value is -1.05. The number of ether oxygens (including phenoxy) is 1. The van der Waals surface area contributed by atoms with Crippen LogP contribution in [0.3, 0.4) is 0 Å². The fourth-order valence-electron chi connectivity index (χ4n) is 0.458. The van der Waals surface area contributed by atoms with Crippen molar-refractivity contribution in [3.05, 3.63) is 35.9 Å². The van der Waals surface area contributed by atoms with E-state index in [-0.39, 0.29) is 11.6 Å². The predicted molar refractivity (Wildman–Crippen MR) is 56.1 cm³/mol. The standard InChI is InChI=1S/C9H13FO.C2H6/c1-5-7(2)6-9(10)8(3)11-4;1-2/h5-6H,1H2,2-4H3;1-2H3/b7-6-,9-8-;. The Labute approximate surface area is 80.6 Å². The highest BCUT2D eigenvalue weighted by Crippen LogP contribution is 2.10. The molecule has 13 heavy (non-hydrogen) atoms. The van der Waals surface area contributed by atoms with Crippen LogP contribution in [0.2, 0.25) is 0 Å². The number of methoxy groups -OCH3 is 1. The molecule has 0 aromatic heterocycles. The van der Waals surface area contributed by atoms with Gasteiger partial charge in [0, 0.05) is 0 Å². The predicted octanol–water partition coefficient (Wildman–Crippen LogP) is 3.99. The zero-order valence-electron chi connectivity index (χ0n) is 9.15. The molecule has 0 rings (SSSR count). The summed E-state index contributed by atoms with van der Waals surface area (Å²) < 4.78 is 17.5. The van der Waals surface area contributed by atoms with Crippen LogP contribution in [0.1, 0.15) is 27.7 Å². The van der Waals surface area contributed by atoms with E-state index in [1.165, 1.54) is 13.2 Å². The van der Waals surface area contributed by atoms with Gasteiger partial charge in [-0.1, -0.05) is 26.5 Å². The van der Waals surface area contributed by atoms with Gasteiger partial charge in [-0.25, -0.2) is 4.39 Å². The molecule has 0 aliphatic heterocycles. The van der Waals surface area contributed by atoms with Gasteiger partial charge in [-0.05, 0) is 25.5 Å². The van der Waals surface area contributed by atoms with Gasteiger partial charge in [-0.15, -0.1) is 0 Å². The van der Waals surface area contributed by atoms with E-state index in [4.69, 9.17) is 0 Å². The fourth-order valence-corrected chi connectivity index (χ4v) is 0.458. The van der Waals surface area contributed by atoms with Crippen molar-refractivity contribution in [3.63, 3.8) is 0 Å². The third-order valence-electron chi connectivity index (χ3n) is 1.32. The molecule has 0 aliphatic carbocycles. The Morgan fingerprint density at radius 3 is 2.08 bits per heavy atom. The van der Waals surface area contributed by atoms with E-state index in [1.807, 2.05) is 13.8 Å². The molecule has 0 fully saturated rings. The minimum absolute atomic E-state index is 0.284. The van der Waals surface area contributed by atoms with Gasteiger partial charge in [0.15, 0.2) is 5.83 Å². The molecule has 2 heteroatoms. The lowest BCUT2D eigenvalue weighted by atomic mass is 10.2. The molecule has 0 aliphatic rings. The van der Waals surface area contributed by atoms with E-state index in [2.05, 4.69) is 11.3 Å². The van der Waals surface area contributed by atoms with Gasteiger partial charge in [0.25, 0.3) is 0 Å². The maximum Gasteiger partial charge on any atom is 0.160 e. The highest BCUT2D eigenvalue weighted by atomic mass is 19.1. The van der Waals surface area contributed by atoms with Crippen LogP contribution < -0.4 is 0 Å². The normalized spacial score (nSPS) is 12.3. The van der Waals surface area contributed by atoms with Gasteiger partial charge in [0.2, 0.25) is 0 Å². The van der Waals surface area contributed by atoms with Crippen LogP contribution in [0, 0.1) is 0 Å². The first-order valence-electron chi connectivity index (χ1n) is 4.33.